The van der Waals surface area contributed by atoms with E-state index in [4.69, 9.17) is 0 Å². The highest BCUT2D eigenvalue weighted by Crippen LogP contribution is 2.40. The zero-order valence-corrected chi connectivity index (χ0v) is 30.7. The number of carbonyl (C=O) groups excluding carboxylic acids is 2. The van der Waals surface area contributed by atoms with Crippen molar-refractivity contribution >= 4 is 22.9 Å². The van der Waals surface area contributed by atoms with Gasteiger partial charge in [-0.1, -0.05) is 107 Å². The summed E-state index contributed by atoms with van der Waals surface area (Å²) in [5, 5.41) is 17.5. The molecular weight excluding hydrogens is 592 g/mol. The number of benzene rings is 2. The summed E-state index contributed by atoms with van der Waals surface area (Å²) in [5.41, 5.74) is 7.34. The smallest absolute Gasteiger partial charge is 0.186 e. The molecule has 0 radical (unpaired) electrons. The third kappa shape index (κ3) is 8.85. The minimum Gasteiger partial charge on any atom is -0.289 e. The summed E-state index contributed by atoms with van der Waals surface area (Å²) < 4.78 is 0. The van der Waals surface area contributed by atoms with Crippen LogP contribution in [0.4, 0.5) is 11.4 Å². The monoisotopic (exact) mass is 642 g/mol. The molecule has 4 rings (SSSR count). The molecule has 0 spiro atoms. The minimum absolute atomic E-state index is 0.102. The Morgan fingerprint density at radius 1 is 0.417 bits per heavy atom. The van der Waals surface area contributed by atoms with Crippen molar-refractivity contribution in [3.8, 4) is 11.1 Å². The van der Waals surface area contributed by atoms with Crippen LogP contribution in [0.2, 0.25) is 0 Å². The van der Waals surface area contributed by atoms with Crippen LogP contribution < -0.4 is 0 Å². The summed E-state index contributed by atoms with van der Waals surface area (Å²) in [6.45, 7) is 24.7. The Morgan fingerprint density at radius 3 is 0.896 bits per heavy atom. The first-order valence-corrected chi connectivity index (χ1v) is 16.6. The number of hydrogen-bond donors (Lipinski definition) is 0. The fraction of sp³-hybridized carbons (Fsp3) is 0.381. The van der Waals surface area contributed by atoms with Crippen molar-refractivity contribution in [1.29, 1.82) is 0 Å². The van der Waals surface area contributed by atoms with E-state index >= 15 is 0 Å². The summed E-state index contributed by atoms with van der Waals surface area (Å²) in [6, 6.07) is 15.8. The van der Waals surface area contributed by atoms with Crippen molar-refractivity contribution in [2.45, 2.75) is 83.1 Å². The molecule has 0 saturated heterocycles. The van der Waals surface area contributed by atoms with Gasteiger partial charge in [0.1, 0.15) is 0 Å². The number of Topliss-reactive ketones (excluding diaryl/α,β-unsaturated/α-hetero) is 2. The van der Waals surface area contributed by atoms with Gasteiger partial charge in [-0.25, -0.2) is 0 Å². The van der Waals surface area contributed by atoms with Gasteiger partial charge in [0.2, 0.25) is 0 Å². The molecule has 250 valence electrons. The largest absolute Gasteiger partial charge is 0.289 e. The molecule has 0 atom stereocenters. The fourth-order valence-corrected chi connectivity index (χ4v) is 5.45. The molecule has 2 aromatic carbocycles. The Hall–Kier alpha value is -4.58. The van der Waals surface area contributed by atoms with Crippen LogP contribution in [0.3, 0.4) is 0 Å². The lowest BCUT2D eigenvalue weighted by Crippen LogP contribution is -2.27. The van der Waals surface area contributed by atoms with Gasteiger partial charge < -0.3 is 0 Å². The first-order chi connectivity index (χ1) is 22.1. The van der Waals surface area contributed by atoms with E-state index in [0.29, 0.717) is 0 Å². The highest BCUT2D eigenvalue weighted by atomic mass is 16.1. The van der Waals surface area contributed by atoms with Gasteiger partial charge in [0, 0.05) is 22.3 Å². The van der Waals surface area contributed by atoms with Crippen LogP contribution in [0, 0.1) is 21.7 Å². The van der Waals surface area contributed by atoms with E-state index in [2.05, 4.69) is 104 Å². The predicted octanol–water partition coefficient (Wildman–Crippen LogP) is 12.3. The molecule has 6 heteroatoms. The number of carbonyl (C=O) groups is 2. The average molecular weight is 643 g/mol. The van der Waals surface area contributed by atoms with Crippen molar-refractivity contribution in [3.63, 3.8) is 0 Å². The van der Waals surface area contributed by atoms with Crippen molar-refractivity contribution < 1.29 is 9.59 Å². The van der Waals surface area contributed by atoms with Crippen LogP contribution >= 0.6 is 0 Å². The lowest BCUT2D eigenvalue weighted by molar-refractivity contribution is -0.114. The minimum atomic E-state index is -0.272. The van der Waals surface area contributed by atoms with E-state index in [-0.39, 0.29) is 33.2 Å². The van der Waals surface area contributed by atoms with Gasteiger partial charge in [-0.3, -0.25) is 9.59 Å². The normalized spacial score (nSPS) is 16.7. The van der Waals surface area contributed by atoms with E-state index in [1.54, 1.807) is 12.4 Å². The Bertz CT molecular complexity index is 1620. The lowest BCUT2D eigenvalue weighted by Gasteiger charge is -2.31. The SMILES string of the molecule is CC(C)(C)C1=CC(=C/N=N/c2ccc(-c3ccc(/N=N/C=C4C=C(C(C)(C)C)C(=O)C(C(C)(C)C)=C4)cc3)cc2)C=C(C(C)(C)C)C1=O. The Kier molecular flexibility index (Phi) is 10.2. The molecule has 0 bridgehead atoms. The van der Waals surface area contributed by atoms with Gasteiger partial charge >= 0.3 is 0 Å². The molecule has 2 aliphatic carbocycles. The summed E-state index contributed by atoms with van der Waals surface area (Å²) in [7, 11) is 0. The molecule has 0 saturated carbocycles. The summed E-state index contributed by atoms with van der Waals surface area (Å²) in [6.07, 6.45) is 11.1. The number of nitrogens with zero attached hydrogens (tertiary/aromatic N) is 4. The molecule has 0 unspecified atom stereocenters. The van der Waals surface area contributed by atoms with Crippen LogP contribution in [0.1, 0.15) is 83.1 Å². The Morgan fingerprint density at radius 2 is 0.667 bits per heavy atom. The number of azo groups is 2. The first-order valence-electron chi connectivity index (χ1n) is 16.6. The molecule has 0 fully saturated rings. The van der Waals surface area contributed by atoms with Gasteiger partial charge in [-0.15, -0.1) is 0 Å². The summed E-state index contributed by atoms with van der Waals surface area (Å²) in [5.74, 6) is 0.205. The van der Waals surface area contributed by atoms with Gasteiger partial charge in [0.25, 0.3) is 0 Å². The third-order valence-corrected chi connectivity index (χ3v) is 8.28. The van der Waals surface area contributed by atoms with E-state index in [1.165, 1.54) is 0 Å². The van der Waals surface area contributed by atoms with E-state index in [0.717, 1.165) is 55.9 Å². The first kappa shape index (κ1) is 36.3. The second-order valence-corrected chi connectivity index (χ2v) is 16.7. The number of rotatable bonds is 5. The Labute approximate surface area is 287 Å². The van der Waals surface area contributed by atoms with Crippen molar-refractivity contribution in [2.75, 3.05) is 0 Å². The molecule has 48 heavy (non-hydrogen) atoms. The second-order valence-electron chi connectivity index (χ2n) is 16.7. The van der Waals surface area contributed by atoms with Crippen LogP contribution in [0.25, 0.3) is 11.1 Å². The maximum absolute atomic E-state index is 13.2. The number of hydrogen-bond acceptors (Lipinski definition) is 6. The zero-order valence-electron chi connectivity index (χ0n) is 30.7. The van der Waals surface area contributed by atoms with Crippen molar-refractivity contribution in [2.24, 2.45) is 42.1 Å². The molecule has 0 N–H and O–H groups in total. The van der Waals surface area contributed by atoms with E-state index in [1.807, 2.05) is 72.8 Å². The average Bonchev–Trinajstić information content (AvgIpc) is 2.97. The number of allylic oxidation sites excluding steroid dienone is 10. The van der Waals surface area contributed by atoms with Crippen LogP contribution in [-0.4, -0.2) is 11.6 Å². The lowest BCUT2D eigenvalue weighted by atomic mass is 9.72. The number of ketones is 2. The van der Waals surface area contributed by atoms with Gasteiger partial charge in [-0.2, -0.15) is 20.5 Å². The molecule has 0 aromatic heterocycles. The molecule has 0 heterocycles. The van der Waals surface area contributed by atoms with Crippen LogP contribution in [0.15, 0.2) is 139 Å². The highest BCUT2D eigenvalue weighted by molar-refractivity contribution is 6.12. The van der Waals surface area contributed by atoms with E-state index < -0.39 is 0 Å². The topological polar surface area (TPSA) is 83.6 Å². The summed E-state index contributed by atoms with van der Waals surface area (Å²) in [4.78, 5) is 26.3. The second kappa shape index (κ2) is 13.5. The van der Waals surface area contributed by atoms with Crippen LogP contribution in [0.5, 0.6) is 0 Å². The third-order valence-electron chi connectivity index (χ3n) is 8.28. The quantitative estimate of drug-likeness (QED) is 0.304. The zero-order chi connectivity index (χ0) is 35.7. The van der Waals surface area contributed by atoms with Gasteiger partial charge in [0.05, 0.1) is 23.8 Å². The van der Waals surface area contributed by atoms with Crippen LogP contribution in [-0.2, 0) is 9.59 Å². The molecule has 2 aromatic rings. The Balaban J connectivity index is 1.48. The highest BCUT2D eigenvalue weighted by Gasteiger charge is 2.35. The predicted molar refractivity (Wildman–Crippen MR) is 197 cm³/mol. The molecule has 0 amide bonds. The maximum Gasteiger partial charge on any atom is 0.186 e. The van der Waals surface area contributed by atoms with E-state index in [9.17, 15) is 9.59 Å². The fourth-order valence-electron chi connectivity index (χ4n) is 5.45. The van der Waals surface area contributed by atoms with Crippen molar-refractivity contribution in [1.82, 2.24) is 0 Å². The molecule has 6 nitrogen and oxygen atoms in total. The summed E-state index contributed by atoms with van der Waals surface area (Å²) >= 11 is 0. The van der Waals surface area contributed by atoms with Gasteiger partial charge in [-0.05, 0) is 92.5 Å². The maximum atomic E-state index is 13.2. The molecule has 2 aliphatic rings. The molecule has 0 aliphatic heterocycles. The molecular formula is C42H50N4O2. The van der Waals surface area contributed by atoms with Crippen molar-refractivity contribution in [3.05, 3.63) is 119 Å². The van der Waals surface area contributed by atoms with Gasteiger partial charge in [0.15, 0.2) is 11.6 Å². The standard InChI is InChI=1S/C42H50N4O2/c1-39(2,3)33-21-27(22-34(37(33)47)40(4,5)6)25-43-45-31-17-13-29(14-18-31)30-15-19-32(20-16-30)46-44-26-28-23-35(41(7,8)9)38(48)36(24-28)42(10,11)12/h13-26H,1-12H3/b45-43+,46-44+.